The molecule has 3 rings (SSSR count). The Morgan fingerprint density at radius 1 is 0.950 bits per heavy atom. The molecule has 2 aromatic carbocycles. The minimum Gasteiger partial charge on any atom is -0.481 e. The summed E-state index contributed by atoms with van der Waals surface area (Å²) in [7, 11) is 0. The van der Waals surface area contributed by atoms with Crippen LogP contribution in [0.4, 0.5) is 5.69 Å². The monoisotopic (exact) mass is 267 g/mol. The minimum absolute atomic E-state index is 0.0649. The van der Waals surface area contributed by atoms with Crippen LogP contribution in [0.3, 0.4) is 0 Å². The molecule has 1 saturated carbocycles. The molecule has 0 saturated heterocycles. The first-order valence-corrected chi connectivity index (χ1v) is 6.89. The van der Waals surface area contributed by atoms with Gasteiger partial charge in [0.15, 0.2) is 0 Å². The van der Waals surface area contributed by atoms with E-state index in [4.69, 9.17) is 5.11 Å². The Morgan fingerprint density at radius 2 is 1.60 bits per heavy atom. The summed E-state index contributed by atoms with van der Waals surface area (Å²) in [5.74, 6) is -0.946. The Bertz CT molecular complexity index is 592. The van der Waals surface area contributed by atoms with Crippen LogP contribution in [0.25, 0.3) is 11.1 Å². The van der Waals surface area contributed by atoms with Crippen LogP contribution >= 0.6 is 0 Å². The van der Waals surface area contributed by atoms with Gasteiger partial charge in [-0.15, -0.1) is 0 Å². The van der Waals surface area contributed by atoms with Crippen LogP contribution < -0.4 is 5.32 Å². The highest BCUT2D eigenvalue weighted by Gasteiger charge is 2.36. The van der Waals surface area contributed by atoms with Crippen molar-refractivity contribution in [1.29, 1.82) is 0 Å². The molecule has 0 amide bonds. The second-order valence-corrected chi connectivity index (χ2v) is 5.22. The maximum atomic E-state index is 11.0. The highest BCUT2D eigenvalue weighted by atomic mass is 16.4. The van der Waals surface area contributed by atoms with Gasteiger partial charge in [0.2, 0.25) is 0 Å². The Balaban J connectivity index is 1.69. The van der Waals surface area contributed by atoms with E-state index in [1.54, 1.807) is 0 Å². The van der Waals surface area contributed by atoms with Crippen molar-refractivity contribution in [3.8, 4) is 11.1 Å². The van der Waals surface area contributed by atoms with Gasteiger partial charge in [-0.3, -0.25) is 4.79 Å². The van der Waals surface area contributed by atoms with Gasteiger partial charge < -0.3 is 10.4 Å². The van der Waals surface area contributed by atoms with Gasteiger partial charge >= 0.3 is 5.97 Å². The lowest BCUT2D eigenvalue weighted by atomic mass is 9.79. The topological polar surface area (TPSA) is 49.3 Å². The van der Waals surface area contributed by atoms with E-state index in [2.05, 4.69) is 29.6 Å². The van der Waals surface area contributed by atoms with Crippen molar-refractivity contribution in [3.05, 3.63) is 54.6 Å². The minimum atomic E-state index is -0.699. The van der Waals surface area contributed by atoms with Crippen LogP contribution in [-0.2, 0) is 4.79 Å². The lowest BCUT2D eigenvalue weighted by Crippen LogP contribution is -2.42. The second-order valence-electron chi connectivity index (χ2n) is 5.22. The molecule has 1 aliphatic carbocycles. The fourth-order valence-corrected chi connectivity index (χ4v) is 2.57. The zero-order valence-electron chi connectivity index (χ0n) is 11.1. The number of rotatable bonds is 4. The Kier molecular flexibility index (Phi) is 3.42. The maximum Gasteiger partial charge on any atom is 0.308 e. The molecule has 0 bridgehead atoms. The maximum absolute atomic E-state index is 11.0. The third-order valence-electron chi connectivity index (χ3n) is 3.94. The van der Waals surface area contributed by atoms with Gasteiger partial charge in [0.05, 0.1) is 5.92 Å². The molecule has 2 N–H and O–H groups in total. The first-order valence-electron chi connectivity index (χ1n) is 6.89. The van der Waals surface area contributed by atoms with Crippen LogP contribution in [0.15, 0.2) is 54.6 Å². The van der Waals surface area contributed by atoms with Gasteiger partial charge in [0.1, 0.15) is 0 Å². The fourth-order valence-electron chi connectivity index (χ4n) is 2.57. The SMILES string of the molecule is O=C(O)C1CCC1Nc1ccc(-c2ccccc2)cc1. The lowest BCUT2D eigenvalue weighted by molar-refractivity contribution is -0.144. The summed E-state index contributed by atoms with van der Waals surface area (Å²) in [6.07, 6.45) is 1.70. The predicted octanol–water partition coefficient (Wildman–Crippen LogP) is 3.63. The largest absolute Gasteiger partial charge is 0.481 e. The van der Waals surface area contributed by atoms with Crippen molar-refractivity contribution in [2.24, 2.45) is 5.92 Å². The quantitative estimate of drug-likeness (QED) is 0.889. The zero-order valence-corrected chi connectivity index (χ0v) is 11.1. The van der Waals surface area contributed by atoms with Gasteiger partial charge in [0, 0.05) is 11.7 Å². The van der Waals surface area contributed by atoms with Crippen LogP contribution in [0.2, 0.25) is 0 Å². The molecule has 102 valence electrons. The molecule has 0 heterocycles. The summed E-state index contributed by atoms with van der Waals surface area (Å²) in [4.78, 5) is 11.0. The molecule has 0 spiro atoms. The van der Waals surface area contributed by atoms with Crippen molar-refractivity contribution in [2.75, 3.05) is 5.32 Å². The van der Waals surface area contributed by atoms with E-state index in [9.17, 15) is 4.79 Å². The molecule has 1 fully saturated rings. The van der Waals surface area contributed by atoms with Crippen LogP contribution in [0, 0.1) is 5.92 Å². The van der Waals surface area contributed by atoms with E-state index in [-0.39, 0.29) is 12.0 Å². The normalized spacial score (nSPS) is 21.0. The van der Waals surface area contributed by atoms with Crippen molar-refractivity contribution >= 4 is 11.7 Å². The molecule has 2 aromatic rings. The molecule has 3 heteroatoms. The molecule has 0 aromatic heterocycles. The van der Waals surface area contributed by atoms with Crippen molar-refractivity contribution in [3.63, 3.8) is 0 Å². The predicted molar refractivity (Wildman–Crippen MR) is 79.6 cm³/mol. The fraction of sp³-hybridized carbons (Fsp3) is 0.235. The summed E-state index contributed by atoms with van der Waals surface area (Å²) >= 11 is 0. The standard InChI is InChI=1S/C17H17NO2/c19-17(20)15-10-11-16(15)18-14-8-6-13(7-9-14)12-4-2-1-3-5-12/h1-9,15-16,18H,10-11H2,(H,19,20). The molecular weight excluding hydrogens is 250 g/mol. The molecule has 0 radical (unpaired) electrons. The number of anilines is 1. The molecule has 1 aliphatic rings. The van der Waals surface area contributed by atoms with Crippen molar-refractivity contribution in [2.45, 2.75) is 18.9 Å². The third-order valence-corrected chi connectivity index (χ3v) is 3.94. The highest BCUT2D eigenvalue weighted by Crippen LogP contribution is 2.31. The number of carboxylic acids is 1. The number of aliphatic carboxylic acids is 1. The Hall–Kier alpha value is -2.29. The van der Waals surface area contributed by atoms with Gasteiger partial charge in [-0.2, -0.15) is 0 Å². The van der Waals surface area contributed by atoms with Crippen molar-refractivity contribution in [1.82, 2.24) is 0 Å². The summed E-state index contributed by atoms with van der Waals surface area (Å²) in [5.41, 5.74) is 3.34. The molecule has 0 aliphatic heterocycles. The van der Waals surface area contributed by atoms with E-state index in [0.29, 0.717) is 0 Å². The first kappa shape index (κ1) is 12.7. The number of carboxylic acid groups (broad SMARTS) is 1. The molecule has 2 unspecified atom stereocenters. The van der Waals surface area contributed by atoms with Crippen LogP contribution in [0.5, 0.6) is 0 Å². The average molecular weight is 267 g/mol. The molecular formula is C17H17NO2. The number of nitrogens with one attached hydrogen (secondary N) is 1. The Morgan fingerprint density at radius 3 is 2.15 bits per heavy atom. The number of carbonyl (C=O) groups is 1. The van der Waals surface area contributed by atoms with Crippen LogP contribution in [-0.4, -0.2) is 17.1 Å². The Labute approximate surface area is 118 Å². The number of hydrogen-bond donors (Lipinski definition) is 2. The van der Waals surface area contributed by atoms with Crippen molar-refractivity contribution < 1.29 is 9.90 Å². The van der Waals surface area contributed by atoms with E-state index in [1.807, 2.05) is 30.3 Å². The van der Waals surface area contributed by atoms with E-state index < -0.39 is 5.97 Å². The second kappa shape index (κ2) is 5.37. The summed E-state index contributed by atoms with van der Waals surface area (Å²) in [5, 5.41) is 12.3. The third kappa shape index (κ3) is 2.52. The smallest absolute Gasteiger partial charge is 0.308 e. The van der Waals surface area contributed by atoms with Gasteiger partial charge in [0.25, 0.3) is 0 Å². The molecule has 20 heavy (non-hydrogen) atoms. The summed E-state index contributed by atoms with van der Waals surface area (Å²) < 4.78 is 0. The number of benzene rings is 2. The molecule has 3 nitrogen and oxygen atoms in total. The summed E-state index contributed by atoms with van der Waals surface area (Å²) in [6, 6.07) is 18.4. The zero-order chi connectivity index (χ0) is 13.9. The van der Waals surface area contributed by atoms with E-state index >= 15 is 0 Å². The molecule has 2 atom stereocenters. The van der Waals surface area contributed by atoms with Gasteiger partial charge in [-0.25, -0.2) is 0 Å². The average Bonchev–Trinajstić information content (AvgIpc) is 2.44. The van der Waals surface area contributed by atoms with E-state index in [0.717, 1.165) is 18.5 Å². The summed E-state index contributed by atoms with van der Waals surface area (Å²) in [6.45, 7) is 0. The van der Waals surface area contributed by atoms with Gasteiger partial charge in [-0.1, -0.05) is 42.5 Å². The highest BCUT2D eigenvalue weighted by molar-refractivity contribution is 5.73. The van der Waals surface area contributed by atoms with E-state index in [1.165, 1.54) is 11.1 Å². The lowest BCUT2D eigenvalue weighted by Gasteiger charge is -2.34. The van der Waals surface area contributed by atoms with Crippen LogP contribution in [0.1, 0.15) is 12.8 Å². The van der Waals surface area contributed by atoms with Gasteiger partial charge in [-0.05, 0) is 36.1 Å². The number of hydrogen-bond acceptors (Lipinski definition) is 2. The first-order chi connectivity index (χ1) is 9.74.